The van der Waals surface area contributed by atoms with Crippen LogP contribution in [-0.4, -0.2) is 16.7 Å². The minimum Gasteiger partial charge on any atom is -0.302 e. The number of carbonyl (C=O) groups is 2. The highest BCUT2D eigenvalue weighted by Crippen LogP contribution is 2.27. The van der Waals surface area contributed by atoms with E-state index in [9.17, 15) is 9.59 Å². The van der Waals surface area contributed by atoms with Crippen LogP contribution in [0.25, 0.3) is 0 Å². The summed E-state index contributed by atoms with van der Waals surface area (Å²) in [6.45, 7) is 1.48. The van der Waals surface area contributed by atoms with E-state index in [-0.39, 0.29) is 11.7 Å². The Kier molecular flexibility index (Phi) is 5.07. The molecular formula is C14H20N2O2S. The molecule has 19 heavy (non-hydrogen) atoms. The van der Waals surface area contributed by atoms with E-state index in [1.54, 1.807) is 5.38 Å². The normalized spacial score (nSPS) is 16.3. The molecule has 0 bridgehead atoms. The Labute approximate surface area is 117 Å². The summed E-state index contributed by atoms with van der Waals surface area (Å²) >= 11 is 1.30. The molecular weight excluding hydrogens is 260 g/mol. The number of rotatable bonds is 5. The standard InChI is InChI=1S/C14H20N2O2S/c1-10(17)12-9-19-14(15-12)16-13(18)8-7-11-5-3-2-4-6-11/h9,11H,2-8H2,1H3,(H,15,16,18). The zero-order valence-electron chi connectivity index (χ0n) is 11.3. The third-order valence-corrected chi connectivity index (χ3v) is 4.37. The van der Waals surface area contributed by atoms with Gasteiger partial charge in [-0.1, -0.05) is 32.1 Å². The summed E-state index contributed by atoms with van der Waals surface area (Å²) in [7, 11) is 0. The van der Waals surface area contributed by atoms with E-state index in [2.05, 4.69) is 10.3 Å². The number of nitrogens with zero attached hydrogens (tertiary/aromatic N) is 1. The van der Waals surface area contributed by atoms with Gasteiger partial charge in [-0.3, -0.25) is 9.59 Å². The molecule has 2 rings (SSSR count). The van der Waals surface area contributed by atoms with Gasteiger partial charge >= 0.3 is 0 Å². The molecule has 4 nitrogen and oxygen atoms in total. The molecule has 0 aromatic carbocycles. The van der Waals surface area contributed by atoms with Crippen molar-refractivity contribution in [3.05, 3.63) is 11.1 Å². The van der Waals surface area contributed by atoms with Gasteiger partial charge in [-0.2, -0.15) is 0 Å². The van der Waals surface area contributed by atoms with Crippen molar-refractivity contribution in [2.45, 2.75) is 51.9 Å². The van der Waals surface area contributed by atoms with Gasteiger partial charge in [-0.15, -0.1) is 11.3 Å². The number of aromatic nitrogens is 1. The molecule has 1 aliphatic rings. The number of anilines is 1. The lowest BCUT2D eigenvalue weighted by atomic mass is 9.86. The van der Waals surface area contributed by atoms with E-state index in [0.717, 1.165) is 6.42 Å². The number of amides is 1. The summed E-state index contributed by atoms with van der Waals surface area (Å²) in [6.07, 6.45) is 8.01. The smallest absolute Gasteiger partial charge is 0.226 e. The van der Waals surface area contributed by atoms with Crippen LogP contribution in [0.3, 0.4) is 0 Å². The fourth-order valence-corrected chi connectivity index (χ4v) is 3.25. The average Bonchev–Trinajstić information content (AvgIpc) is 2.86. The van der Waals surface area contributed by atoms with Crippen LogP contribution in [0, 0.1) is 5.92 Å². The lowest BCUT2D eigenvalue weighted by molar-refractivity contribution is -0.116. The predicted octanol–water partition coefficient (Wildman–Crippen LogP) is 3.64. The summed E-state index contributed by atoms with van der Waals surface area (Å²) in [6, 6.07) is 0. The Bertz CT molecular complexity index is 450. The fraction of sp³-hybridized carbons (Fsp3) is 0.643. The lowest BCUT2D eigenvalue weighted by Gasteiger charge is -2.20. The SMILES string of the molecule is CC(=O)c1csc(NC(=O)CCC2CCCCC2)n1. The number of nitrogens with one attached hydrogen (secondary N) is 1. The van der Waals surface area contributed by atoms with E-state index >= 15 is 0 Å². The van der Waals surface area contributed by atoms with E-state index in [1.807, 2.05) is 0 Å². The Morgan fingerprint density at radius 2 is 2.11 bits per heavy atom. The molecule has 5 heteroatoms. The molecule has 104 valence electrons. The maximum Gasteiger partial charge on any atom is 0.226 e. The van der Waals surface area contributed by atoms with E-state index in [0.29, 0.717) is 23.2 Å². The second-order valence-corrected chi connectivity index (χ2v) is 6.04. The highest BCUT2D eigenvalue weighted by molar-refractivity contribution is 7.14. The number of ketones is 1. The molecule has 1 aliphatic carbocycles. The van der Waals surface area contributed by atoms with E-state index in [4.69, 9.17) is 0 Å². The molecule has 0 saturated heterocycles. The number of hydrogen-bond acceptors (Lipinski definition) is 4. The molecule has 1 fully saturated rings. The van der Waals surface area contributed by atoms with Gasteiger partial charge in [0, 0.05) is 18.7 Å². The second kappa shape index (κ2) is 6.80. The van der Waals surface area contributed by atoms with Gasteiger partial charge in [0.1, 0.15) is 5.69 Å². The van der Waals surface area contributed by atoms with E-state index in [1.165, 1.54) is 50.4 Å². The molecule has 0 aliphatic heterocycles. The Morgan fingerprint density at radius 1 is 1.37 bits per heavy atom. The van der Waals surface area contributed by atoms with Crippen LogP contribution in [0.15, 0.2) is 5.38 Å². The van der Waals surface area contributed by atoms with Crippen molar-refractivity contribution in [1.29, 1.82) is 0 Å². The third kappa shape index (κ3) is 4.42. The first-order valence-corrected chi connectivity index (χ1v) is 7.79. The maximum atomic E-state index is 11.8. The summed E-state index contributed by atoms with van der Waals surface area (Å²) < 4.78 is 0. The van der Waals surface area contributed by atoms with Crippen LogP contribution >= 0.6 is 11.3 Å². The number of hydrogen-bond donors (Lipinski definition) is 1. The lowest BCUT2D eigenvalue weighted by Crippen LogP contribution is -2.14. The number of thiazole rings is 1. The van der Waals surface area contributed by atoms with Crippen LogP contribution < -0.4 is 5.32 Å². The zero-order valence-corrected chi connectivity index (χ0v) is 12.1. The number of Topliss-reactive ketones (excluding diaryl/α,β-unsaturated/α-hetero) is 1. The number of carbonyl (C=O) groups excluding carboxylic acids is 2. The van der Waals surface area contributed by atoms with Gasteiger partial charge < -0.3 is 5.32 Å². The van der Waals surface area contributed by atoms with Gasteiger partial charge in [0.2, 0.25) is 5.91 Å². The highest BCUT2D eigenvalue weighted by atomic mass is 32.1. The van der Waals surface area contributed by atoms with Crippen LogP contribution in [0.1, 0.15) is 62.4 Å². The van der Waals surface area contributed by atoms with Crippen molar-refractivity contribution in [3.63, 3.8) is 0 Å². The van der Waals surface area contributed by atoms with Crippen LogP contribution in [-0.2, 0) is 4.79 Å². The highest BCUT2D eigenvalue weighted by Gasteiger charge is 2.15. The van der Waals surface area contributed by atoms with Crippen LogP contribution in [0.4, 0.5) is 5.13 Å². The van der Waals surface area contributed by atoms with Gasteiger partial charge in [-0.25, -0.2) is 4.98 Å². The summed E-state index contributed by atoms with van der Waals surface area (Å²) in [5.41, 5.74) is 0.424. The minimum absolute atomic E-state index is 0.00928. The second-order valence-electron chi connectivity index (χ2n) is 5.18. The molecule has 0 unspecified atom stereocenters. The molecule has 1 N–H and O–H groups in total. The topological polar surface area (TPSA) is 59.1 Å². The van der Waals surface area contributed by atoms with Gasteiger partial charge in [0.05, 0.1) is 0 Å². The van der Waals surface area contributed by atoms with Crippen LogP contribution in [0.2, 0.25) is 0 Å². The molecule has 0 atom stereocenters. The van der Waals surface area contributed by atoms with Crippen LogP contribution in [0.5, 0.6) is 0 Å². The Morgan fingerprint density at radius 3 is 2.74 bits per heavy atom. The van der Waals surface area contributed by atoms with Crippen molar-refractivity contribution in [2.75, 3.05) is 5.32 Å². The summed E-state index contributed by atoms with van der Waals surface area (Å²) in [4.78, 5) is 27.0. The Balaban J connectivity index is 1.75. The fourth-order valence-electron chi connectivity index (χ4n) is 2.49. The first-order chi connectivity index (χ1) is 9.15. The third-order valence-electron chi connectivity index (χ3n) is 3.62. The van der Waals surface area contributed by atoms with Gasteiger partial charge in [0.25, 0.3) is 0 Å². The summed E-state index contributed by atoms with van der Waals surface area (Å²) in [5, 5.41) is 4.98. The van der Waals surface area contributed by atoms with Gasteiger partial charge in [-0.05, 0) is 12.3 Å². The molecule has 1 saturated carbocycles. The van der Waals surface area contributed by atoms with Crippen molar-refractivity contribution in [2.24, 2.45) is 5.92 Å². The Hall–Kier alpha value is -1.23. The summed E-state index contributed by atoms with van der Waals surface area (Å²) in [5.74, 6) is 0.651. The largest absolute Gasteiger partial charge is 0.302 e. The average molecular weight is 280 g/mol. The predicted molar refractivity (Wildman–Crippen MR) is 76.6 cm³/mol. The minimum atomic E-state index is -0.0704. The molecule has 1 heterocycles. The molecule has 1 aromatic heterocycles. The molecule has 1 aromatic rings. The first-order valence-electron chi connectivity index (χ1n) is 6.91. The van der Waals surface area contributed by atoms with Gasteiger partial charge in [0.15, 0.2) is 10.9 Å². The zero-order chi connectivity index (χ0) is 13.7. The monoisotopic (exact) mass is 280 g/mol. The quantitative estimate of drug-likeness (QED) is 0.838. The maximum absolute atomic E-state index is 11.8. The van der Waals surface area contributed by atoms with Crippen molar-refractivity contribution in [1.82, 2.24) is 4.98 Å². The first kappa shape index (κ1) is 14.2. The molecule has 0 radical (unpaired) electrons. The van der Waals surface area contributed by atoms with Crippen molar-refractivity contribution in [3.8, 4) is 0 Å². The van der Waals surface area contributed by atoms with E-state index < -0.39 is 0 Å². The van der Waals surface area contributed by atoms with Crippen molar-refractivity contribution >= 4 is 28.2 Å². The molecule has 0 spiro atoms. The van der Waals surface area contributed by atoms with Crippen molar-refractivity contribution < 1.29 is 9.59 Å². The molecule has 1 amide bonds.